The average Bonchev–Trinajstić information content (AvgIpc) is 2.58. The first kappa shape index (κ1) is 13.8. The molecule has 2 aliphatic rings. The minimum absolute atomic E-state index is 0.0465. The summed E-state index contributed by atoms with van der Waals surface area (Å²) in [7, 11) is 0. The van der Waals surface area contributed by atoms with Gasteiger partial charge in [0.15, 0.2) is 0 Å². The average molecular weight is 286 g/mol. The highest BCUT2D eigenvalue weighted by Crippen LogP contribution is 2.31. The van der Waals surface area contributed by atoms with Crippen LogP contribution >= 0.6 is 24.0 Å². The Morgan fingerprint density at radius 3 is 2.72 bits per heavy atom. The fourth-order valence-corrected chi connectivity index (χ4v) is 3.17. The SMILES string of the molecule is CC(C)CN1C(=O)/C(=C/N2CCOCC2)SC1=S. The maximum atomic E-state index is 12.2. The summed E-state index contributed by atoms with van der Waals surface area (Å²) in [5, 5.41) is 0. The van der Waals surface area contributed by atoms with Crippen molar-refractivity contribution in [2.45, 2.75) is 13.8 Å². The third-order valence-corrected chi connectivity index (χ3v) is 4.13. The fourth-order valence-electron chi connectivity index (χ4n) is 1.89. The Labute approximate surface area is 117 Å². The smallest absolute Gasteiger partial charge is 0.267 e. The van der Waals surface area contributed by atoms with Crippen molar-refractivity contribution < 1.29 is 9.53 Å². The van der Waals surface area contributed by atoms with Crippen LogP contribution in [0.5, 0.6) is 0 Å². The van der Waals surface area contributed by atoms with Crippen molar-refractivity contribution in [3.8, 4) is 0 Å². The highest BCUT2D eigenvalue weighted by Gasteiger charge is 2.32. The molecule has 0 radical (unpaired) electrons. The van der Waals surface area contributed by atoms with Crippen molar-refractivity contribution in [2.75, 3.05) is 32.8 Å². The molecule has 2 aliphatic heterocycles. The highest BCUT2D eigenvalue weighted by molar-refractivity contribution is 8.26. The zero-order valence-electron chi connectivity index (χ0n) is 10.7. The summed E-state index contributed by atoms with van der Waals surface area (Å²) in [6, 6.07) is 0. The molecule has 2 fully saturated rings. The van der Waals surface area contributed by atoms with E-state index in [1.54, 1.807) is 4.90 Å². The number of hydrogen-bond acceptors (Lipinski definition) is 5. The lowest BCUT2D eigenvalue weighted by Gasteiger charge is -2.25. The maximum Gasteiger partial charge on any atom is 0.267 e. The second-order valence-electron chi connectivity index (χ2n) is 4.82. The second kappa shape index (κ2) is 6.04. The monoisotopic (exact) mass is 286 g/mol. The molecule has 0 aromatic carbocycles. The van der Waals surface area contributed by atoms with Gasteiger partial charge in [0.2, 0.25) is 0 Å². The molecular weight excluding hydrogens is 268 g/mol. The van der Waals surface area contributed by atoms with Gasteiger partial charge in [0.25, 0.3) is 5.91 Å². The zero-order chi connectivity index (χ0) is 13.1. The van der Waals surface area contributed by atoms with E-state index in [0.717, 1.165) is 31.2 Å². The Morgan fingerprint density at radius 2 is 2.11 bits per heavy atom. The first-order valence-corrected chi connectivity index (χ1v) is 7.37. The standard InChI is InChI=1S/C12H18N2O2S2/c1-9(2)7-14-11(15)10(18-12(14)17)8-13-3-5-16-6-4-13/h8-9H,3-7H2,1-2H3/b10-8-. The van der Waals surface area contributed by atoms with Gasteiger partial charge in [-0.3, -0.25) is 9.69 Å². The summed E-state index contributed by atoms with van der Waals surface area (Å²) in [6.07, 6.45) is 1.93. The van der Waals surface area contributed by atoms with Crippen molar-refractivity contribution in [3.63, 3.8) is 0 Å². The van der Waals surface area contributed by atoms with Crippen LogP contribution in [-0.4, -0.2) is 52.9 Å². The number of amides is 1. The maximum absolute atomic E-state index is 12.2. The Morgan fingerprint density at radius 1 is 1.44 bits per heavy atom. The Kier molecular flexibility index (Phi) is 4.64. The van der Waals surface area contributed by atoms with Crippen LogP contribution in [0.25, 0.3) is 0 Å². The summed E-state index contributed by atoms with van der Waals surface area (Å²) in [5.41, 5.74) is 0. The van der Waals surface area contributed by atoms with Crippen molar-refractivity contribution in [2.24, 2.45) is 5.92 Å². The number of nitrogens with zero attached hydrogens (tertiary/aromatic N) is 2. The van der Waals surface area contributed by atoms with Gasteiger partial charge in [-0.25, -0.2) is 0 Å². The fraction of sp³-hybridized carbons (Fsp3) is 0.667. The molecule has 0 spiro atoms. The van der Waals surface area contributed by atoms with Crippen LogP contribution in [0.1, 0.15) is 13.8 Å². The molecule has 0 N–H and O–H groups in total. The van der Waals surface area contributed by atoms with E-state index >= 15 is 0 Å². The highest BCUT2D eigenvalue weighted by atomic mass is 32.2. The largest absolute Gasteiger partial charge is 0.378 e. The summed E-state index contributed by atoms with van der Waals surface area (Å²) in [6.45, 7) is 8.01. The molecule has 0 aliphatic carbocycles. The number of ether oxygens (including phenoxy) is 1. The molecule has 0 bridgehead atoms. The molecule has 0 aromatic rings. The number of rotatable bonds is 3. The summed E-state index contributed by atoms with van der Waals surface area (Å²) < 4.78 is 5.96. The lowest BCUT2D eigenvalue weighted by Crippen LogP contribution is -2.34. The third-order valence-electron chi connectivity index (χ3n) is 2.77. The van der Waals surface area contributed by atoms with E-state index < -0.39 is 0 Å². The molecular formula is C12H18N2O2S2. The quantitative estimate of drug-likeness (QED) is 0.582. The third kappa shape index (κ3) is 3.24. The van der Waals surface area contributed by atoms with Crippen LogP contribution in [0.4, 0.5) is 0 Å². The normalized spacial score (nSPS) is 23.6. The second-order valence-corrected chi connectivity index (χ2v) is 6.50. The lowest BCUT2D eigenvalue weighted by molar-refractivity contribution is -0.122. The number of thioether (sulfide) groups is 1. The number of carbonyl (C=O) groups is 1. The van der Waals surface area contributed by atoms with E-state index in [9.17, 15) is 4.79 Å². The molecule has 4 nitrogen and oxygen atoms in total. The van der Waals surface area contributed by atoms with Gasteiger partial charge < -0.3 is 9.64 Å². The first-order valence-electron chi connectivity index (χ1n) is 6.15. The predicted molar refractivity (Wildman–Crippen MR) is 77.2 cm³/mol. The zero-order valence-corrected chi connectivity index (χ0v) is 12.4. The molecule has 18 heavy (non-hydrogen) atoms. The first-order chi connectivity index (χ1) is 8.58. The van der Waals surface area contributed by atoms with Gasteiger partial charge >= 0.3 is 0 Å². The molecule has 6 heteroatoms. The van der Waals surface area contributed by atoms with Crippen molar-refractivity contribution >= 4 is 34.2 Å². The summed E-state index contributed by atoms with van der Waals surface area (Å²) in [5.74, 6) is 0.473. The van der Waals surface area contributed by atoms with E-state index in [4.69, 9.17) is 17.0 Å². The molecule has 0 saturated carbocycles. The van der Waals surface area contributed by atoms with Gasteiger partial charge in [-0.2, -0.15) is 0 Å². The Hall–Kier alpha value is -0.590. The van der Waals surface area contributed by atoms with E-state index in [1.807, 2.05) is 6.20 Å². The molecule has 0 unspecified atom stereocenters. The van der Waals surface area contributed by atoms with Crippen LogP contribution in [0, 0.1) is 5.92 Å². The van der Waals surface area contributed by atoms with Gasteiger partial charge in [0.1, 0.15) is 4.32 Å². The van der Waals surface area contributed by atoms with Crippen molar-refractivity contribution in [1.82, 2.24) is 9.80 Å². The topological polar surface area (TPSA) is 32.8 Å². The Balaban J connectivity index is 2.04. The molecule has 1 amide bonds. The van der Waals surface area contributed by atoms with Crippen molar-refractivity contribution in [1.29, 1.82) is 0 Å². The Bertz CT molecular complexity index is 376. The minimum Gasteiger partial charge on any atom is -0.378 e. The predicted octanol–water partition coefficient (Wildman–Crippen LogP) is 1.68. The van der Waals surface area contributed by atoms with Crippen LogP contribution < -0.4 is 0 Å². The minimum atomic E-state index is 0.0465. The van der Waals surface area contributed by atoms with Gasteiger partial charge in [-0.05, 0) is 5.92 Å². The molecule has 0 aromatic heterocycles. The summed E-state index contributed by atoms with van der Waals surface area (Å²) >= 11 is 6.67. The summed E-state index contributed by atoms with van der Waals surface area (Å²) in [4.78, 5) is 16.8. The van der Waals surface area contributed by atoms with E-state index in [-0.39, 0.29) is 5.91 Å². The molecule has 0 atom stereocenters. The molecule has 2 rings (SSSR count). The molecule has 2 heterocycles. The molecule has 100 valence electrons. The number of carbonyl (C=O) groups excluding carboxylic acids is 1. The van der Waals surface area contributed by atoms with E-state index in [1.165, 1.54) is 11.8 Å². The number of morpholine rings is 1. The van der Waals surface area contributed by atoms with E-state index in [0.29, 0.717) is 16.8 Å². The van der Waals surface area contributed by atoms with Crippen LogP contribution in [-0.2, 0) is 9.53 Å². The lowest BCUT2D eigenvalue weighted by atomic mass is 10.2. The molecule has 2 saturated heterocycles. The van der Waals surface area contributed by atoms with Gasteiger partial charge in [-0.15, -0.1) is 0 Å². The van der Waals surface area contributed by atoms with Gasteiger partial charge in [-0.1, -0.05) is 37.8 Å². The van der Waals surface area contributed by atoms with Crippen LogP contribution in [0.15, 0.2) is 11.1 Å². The van der Waals surface area contributed by atoms with Crippen LogP contribution in [0.3, 0.4) is 0 Å². The number of thiocarbonyl (C=S) groups is 1. The van der Waals surface area contributed by atoms with Crippen LogP contribution in [0.2, 0.25) is 0 Å². The van der Waals surface area contributed by atoms with Gasteiger partial charge in [0.05, 0.1) is 18.1 Å². The van der Waals surface area contributed by atoms with Gasteiger partial charge in [0, 0.05) is 25.8 Å². The van der Waals surface area contributed by atoms with Crippen molar-refractivity contribution in [3.05, 3.63) is 11.1 Å². The van der Waals surface area contributed by atoms with E-state index in [2.05, 4.69) is 18.7 Å². The number of hydrogen-bond donors (Lipinski definition) is 0.